The molecule has 2 aromatic rings. The number of aromatic nitrogens is 1. The number of benzene rings is 1. The number of ether oxygens (including phenoxy) is 1. The normalized spacial score (nSPS) is 13.9. The molecule has 1 atom stereocenters. The Kier molecular flexibility index (Phi) is 5.45. The van der Waals surface area contributed by atoms with Crippen LogP contribution >= 0.6 is 15.9 Å². The maximum atomic E-state index is 12.7. The van der Waals surface area contributed by atoms with E-state index in [1.807, 2.05) is 24.3 Å². The maximum Gasteiger partial charge on any atom is 0.442 e. The lowest BCUT2D eigenvalue weighted by atomic mass is 10.1. The van der Waals surface area contributed by atoms with Gasteiger partial charge in [0.2, 0.25) is 0 Å². The monoisotopic (exact) mass is 410 g/mol. The fourth-order valence-corrected chi connectivity index (χ4v) is 3.13. The van der Waals surface area contributed by atoms with Crippen molar-refractivity contribution in [3.8, 4) is 11.3 Å². The number of carbonyl (C=O) groups excluding carboxylic acids is 1. The average molecular weight is 411 g/mol. The van der Waals surface area contributed by atoms with E-state index in [4.69, 9.17) is 4.74 Å². The Morgan fingerprint density at radius 1 is 1.17 bits per heavy atom. The molecule has 0 aliphatic rings. The van der Waals surface area contributed by atoms with Gasteiger partial charge >= 0.3 is 6.09 Å². The Morgan fingerprint density at radius 2 is 1.79 bits per heavy atom. The SMILES string of the molecule is CC(C)(C)OC(=O)N=S(C)(=O)c1ccc(-c2ccc(Br)cc2)nc1. The maximum absolute atomic E-state index is 12.7. The summed E-state index contributed by atoms with van der Waals surface area (Å²) in [6.07, 6.45) is 2.04. The minimum absolute atomic E-state index is 0.384. The predicted octanol–water partition coefficient (Wildman–Crippen LogP) is 4.90. The second-order valence-corrected chi connectivity index (χ2v) is 9.43. The van der Waals surface area contributed by atoms with Crippen molar-refractivity contribution < 1.29 is 13.7 Å². The number of amides is 1. The molecule has 0 bridgehead atoms. The van der Waals surface area contributed by atoms with Gasteiger partial charge < -0.3 is 4.74 Å². The van der Waals surface area contributed by atoms with Crippen LogP contribution in [-0.4, -0.2) is 27.1 Å². The van der Waals surface area contributed by atoms with Crippen molar-refractivity contribution in [2.45, 2.75) is 31.3 Å². The minimum Gasteiger partial charge on any atom is -0.442 e. The topological polar surface area (TPSA) is 68.6 Å². The number of halogens is 1. The van der Waals surface area contributed by atoms with Crippen molar-refractivity contribution >= 4 is 31.8 Å². The largest absolute Gasteiger partial charge is 0.442 e. The van der Waals surface area contributed by atoms with Crippen LogP contribution in [0, 0.1) is 0 Å². The highest BCUT2D eigenvalue weighted by atomic mass is 79.9. The van der Waals surface area contributed by atoms with Crippen LogP contribution in [0.2, 0.25) is 0 Å². The summed E-state index contributed by atoms with van der Waals surface area (Å²) in [5.74, 6) is 0. The summed E-state index contributed by atoms with van der Waals surface area (Å²) in [4.78, 5) is 16.5. The van der Waals surface area contributed by atoms with Crippen LogP contribution in [0.4, 0.5) is 4.79 Å². The van der Waals surface area contributed by atoms with Crippen molar-refractivity contribution in [2.24, 2.45) is 4.36 Å². The Morgan fingerprint density at radius 3 is 2.29 bits per heavy atom. The molecular formula is C17H19BrN2O3S. The molecule has 0 aliphatic heterocycles. The molecule has 1 amide bonds. The number of carbonyl (C=O) groups is 1. The first-order chi connectivity index (χ1) is 11.1. The number of rotatable bonds is 2. The zero-order valence-corrected chi connectivity index (χ0v) is 16.3. The van der Waals surface area contributed by atoms with Gasteiger partial charge in [-0.3, -0.25) is 4.98 Å². The molecule has 1 aromatic carbocycles. The zero-order chi connectivity index (χ0) is 18.0. The van der Waals surface area contributed by atoms with Crippen molar-refractivity contribution in [1.82, 2.24) is 4.98 Å². The van der Waals surface area contributed by atoms with Gasteiger partial charge in [0.05, 0.1) is 20.3 Å². The number of hydrogen-bond donors (Lipinski definition) is 0. The molecule has 1 unspecified atom stereocenters. The highest BCUT2D eigenvalue weighted by molar-refractivity contribution is 9.10. The third-order valence-electron chi connectivity index (χ3n) is 2.96. The molecule has 0 saturated heterocycles. The summed E-state index contributed by atoms with van der Waals surface area (Å²) in [5, 5.41) is 0. The van der Waals surface area contributed by atoms with Crippen LogP contribution in [0.3, 0.4) is 0 Å². The summed E-state index contributed by atoms with van der Waals surface area (Å²) in [7, 11) is -2.91. The lowest BCUT2D eigenvalue weighted by molar-refractivity contribution is 0.0607. The quantitative estimate of drug-likeness (QED) is 0.705. The molecule has 5 nitrogen and oxygen atoms in total. The number of pyridine rings is 1. The lowest BCUT2D eigenvalue weighted by Crippen LogP contribution is -2.22. The molecule has 24 heavy (non-hydrogen) atoms. The molecule has 2 rings (SSSR count). The Balaban J connectivity index is 2.27. The Hall–Kier alpha value is -1.73. The van der Waals surface area contributed by atoms with Gasteiger partial charge in [-0.1, -0.05) is 28.1 Å². The third-order valence-corrected chi connectivity index (χ3v) is 5.10. The van der Waals surface area contributed by atoms with Gasteiger partial charge in [-0.15, -0.1) is 4.36 Å². The van der Waals surface area contributed by atoms with Crippen LogP contribution < -0.4 is 0 Å². The van der Waals surface area contributed by atoms with Gasteiger partial charge in [0.25, 0.3) is 0 Å². The summed E-state index contributed by atoms with van der Waals surface area (Å²) in [5.41, 5.74) is 1.01. The van der Waals surface area contributed by atoms with Gasteiger partial charge in [-0.05, 0) is 45.0 Å². The van der Waals surface area contributed by atoms with Gasteiger partial charge in [0.1, 0.15) is 5.60 Å². The molecule has 0 N–H and O–H groups in total. The fraction of sp³-hybridized carbons (Fsp3) is 0.294. The van der Waals surface area contributed by atoms with Crippen LogP contribution in [0.15, 0.2) is 56.3 Å². The van der Waals surface area contributed by atoms with Crippen molar-refractivity contribution in [1.29, 1.82) is 0 Å². The van der Waals surface area contributed by atoms with Crippen molar-refractivity contribution in [3.63, 3.8) is 0 Å². The van der Waals surface area contributed by atoms with Crippen LogP contribution in [-0.2, 0) is 14.5 Å². The highest BCUT2D eigenvalue weighted by Gasteiger charge is 2.18. The molecule has 128 valence electrons. The van der Waals surface area contributed by atoms with Crippen LogP contribution in [0.5, 0.6) is 0 Å². The zero-order valence-electron chi connectivity index (χ0n) is 13.9. The van der Waals surface area contributed by atoms with Crippen LogP contribution in [0.25, 0.3) is 11.3 Å². The number of nitrogens with zero attached hydrogens (tertiary/aromatic N) is 2. The summed E-state index contributed by atoms with van der Waals surface area (Å²) in [6, 6.07) is 11.1. The van der Waals surface area contributed by atoms with E-state index in [0.717, 1.165) is 15.7 Å². The van der Waals surface area contributed by atoms with E-state index < -0.39 is 21.4 Å². The van der Waals surface area contributed by atoms with E-state index in [1.165, 1.54) is 12.5 Å². The van der Waals surface area contributed by atoms with Gasteiger partial charge in [0, 0.05) is 22.5 Å². The second-order valence-electron chi connectivity index (χ2n) is 6.26. The van der Waals surface area contributed by atoms with Gasteiger partial charge in [0.15, 0.2) is 0 Å². The molecule has 7 heteroatoms. The molecule has 0 fully saturated rings. The first-order valence-corrected chi connectivity index (χ1v) is 9.96. The molecular weight excluding hydrogens is 392 g/mol. The molecule has 0 radical (unpaired) electrons. The van der Waals surface area contributed by atoms with E-state index in [9.17, 15) is 9.00 Å². The predicted molar refractivity (Wildman–Crippen MR) is 98.4 cm³/mol. The van der Waals surface area contributed by atoms with Crippen molar-refractivity contribution in [2.75, 3.05) is 6.26 Å². The number of hydrogen-bond acceptors (Lipinski definition) is 4. The average Bonchev–Trinajstić information content (AvgIpc) is 2.45. The summed E-state index contributed by atoms with van der Waals surface area (Å²) >= 11 is 3.38. The second kappa shape index (κ2) is 7.03. The molecule has 0 saturated carbocycles. The van der Waals surface area contributed by atoms with E-state index in [1.54, 1.807) is 32.9 Å². The Labute approximate surface area is 150 Å². The first-order valence-electron chi connectivity index (χ1n) is 7.24. The van der Waals surface area contributed by atoms with E-state index in [0.29, 0.717) is 4.90 Å². The van der Waals surface area contributed by atoms with Crippen molar-refractivity contribution in [3.05, 3.63) is 47.1 Å². The van der Waals surface area contributed by atoms with Gasteiger partial charge in [-0.25, -0.2) is 9.00 Å². The third kappa shape index (κ3) is 5.14. The summed E-state index contributed by atoms with van der Waals surface area (Å²) < 4.78 is 22.4. The highest BCUT2D eigenvalue weighted by Crippen LogP contribution is 2.21. The molecule has 0 spiro atoms. The van der Waals surface area contributed by atoms with Gasteiger partial charge in [-0.2, -0.15) is 0 Å². The molecule has 0 aliphatic carbocycles. The fourth-order valence-electron chi connectivity index (χ4n) is 1.87. The van der Waals surface area contributed by atoms with E-state index >= 15 is 0 Å². The molecule has 1 heterocycles. The smallest absolute Gasteiger partial charge is 0.442 e. The Bertz CT molecular complexity index is 847. The standard InChI is InChI=1S/C17H19BrN2O3S/c1-17(2,3)23-16(21)20-24(4,22)14-9-10-15(19-11-14)12-5-7-13(18)8-6-12/h5-11H,1-4H3. The van der Waals surface area contributed by atoms with E-state index in [2.05, 4.69) is 25.3 Å². The van der Waals surface area contributed by atoms with Crippen LogP contribution in [0.1, 0.15) is 20.8 Å². The molecule has 1 aromatic heterocycles. The first kappa shape index (κ1) is 18.6. The van der Waals surface area contributed by atoms with E-state index in [-0.39, 0.29) is 0 Å². The lowest BCUT2D eigenvalue weighted by Gasteiger charge is -2.17. The minimum atomic E-state index is -2.91. The summed E-state index contributed by atoms with van der Waals surface area (Å²) in [6.45, 7) is 5.19.